The van der Waals surface area contributed by atoms with Crippen LogP contribution >= 0.6 is 46.3 Å². The van der Waals surface area contributed by atoms with Crippen molar-refractivity contribution >= 4 is 63.6 Å². The highest BCUT2D eigenvalue weighted by atomic mass is 35.5. The fourth-order valence-corrected chi connectivity index (χ4v) is 5.23. The highest BCUT2D eigenvalue weighted by Gasteiger charge is 2.24. The van der Waals surface area contributed by atoms with Crippen molar-refractivity contribution in [2.75, 3.05) is 19.0 Å². The molecule has 3 rings (SSSR count). The Balaban J connectivity index is 1.76. The third-order valence-electron chi connectivity index (χ3n) is 4.01. The lowest BCUT2D eigenvalue weighted by atomic mass is 10.2. The zero-order valence-corrected chi connectivity index (χ0v) is 19.0. The second kappa shape index (κ2) is 9.65. The minimum Gasteiger partial charge on any atom is -0.378 e. The lowest BCUT2D eigenvalue weighted by molar-refractivity contribution is -0.387. The minimum absolute atomic E-state index is 0.172. The summed E-state index contributed by atoms with van der Waals surface area (Å²) in [4.78, 5) is 30.0. The first-order valence-electron chi connectivity index (χ1n) is 8.55. The van der Waals surface area contributed by atoms with Gasteiger partial charge in [0.05, 0.1) is 19.9 Å². The van der Waals surface area contributed by atoms with Crippen LogP contribution in [0.5, 0.6) is 0 Å². The number of halogens is 2. The van der Waals surface area contributed by atoms with Crippen LogP contribution < -0.4 is 10.2 Å². The summed E-state index contributed by atoms with van der Waals surface area (Å²) in [6.07, 6.45) is 2.81. The molecule has 2 aromatic heterocycles. The molecule has 30 heavy (non-hydrogen) atoms. The average Bonchev–Trinajstić information content (AvgIpc) is 3.14. The average molecular weight is 483 g/mol. The molecule has 0 atom stereocenters. The van der Waals surface area contributed by atoms with Gasteiger partial charge in [0.25, 0.3) is 11.6 Å². The fourth-order valence-electron chi connectivity index (χ4n) is 2.45. The second-order valence-corrected chi connectivity index (χ2v) is 9.46. The van der Waals surface area contributed by atoms with Crippen molar-refractivity contribution in [1.82, 2.24) is 10.3 Å². The number of rotatable bonds is 7. The maximum absolute atomic E-state index is 12.6. The fraction of sp³-hybridized carbons (Fsp3) is 0.158. The monoisotopic (exact) mass is 482 g/mol. The van der Waals surface area contributed by atoms with E-state index in [1.54, 1.807) is 0 Å². The number of nitrogens with zero attached hydrogens (tertiary/aromatic N) is 3. The lowest BCUT2D eigenvalue weighted by Crippen LogP contribution is -2.21. The van der Waals surface area contributed by atoms with Gasteiger partial charge in [0.15, 0.2) is 0 Å². The number of benzene rings is 1. The Morgan fingerprint density at radius 3 is 2.43 bits per heavy atom. The summed E-state index contributed by atoms with van der Waals surface area (Å²) in [6, 6.07) is 9.01. The molecule has 1 aromatic carbocycles. The third-order valence-corrected chi connectivity index (χ3v) is 7.26. The number of hydrogen-bond acceptors (Lipinski definition) is 7. The SMILES string of the molecule is CN(C)c1ccc(CNC(=O)c2cc([N+](=O)[O-])c(Sc3c(Cl)cncc3Cl)s2)cc1. The first kappa shape index (κ1) is 22.4. The number of amides is 1. The van der Waals surface area contributed by atoms with E-state index in [4.69, 9.17) is 23.2 Å². The van der Waals surface area contributed by atoms with E-state index in [0.29, 0.717) is 15.6 Å². The summed E-state index contributed by atoms with van der Waals surface area (Å²) in [5.41, 5.74) is 1.80. The Hall–Kier alpha value is -2.33. The van der Waals surface area contributed by atoms with Crippen molar-refractivity contribution in [1.29, 1.82) is 0 Å². The molecule has 0 aliphatic rings. The number of pyridine rings is 1. The molecule has 0 saturated heterocycles. The van der Waals surface area contributed by atoms with Crippen LogP contribution in [0.2, 0.25) is 10.0 Å². The Morgan fingerprint density at radius 1 is 1.23 bits per heavy atom. The van der Waals surface area contributed by atoms with E-state index in [2.05, 4.69) is 10.3 Å². The number of thiophene rings is 1. The summed E-state index contributed by atoms with van der Waals surface area (Å²) in [7, 11) is 3.89. The van der Waals surface area contributed by atoms with Gasteiger partial charge < -0.3 is 10.2 Å². The summed E-state index contributed by atoms with van der Waals surface area (Å²) in [5.74, 6) is -0.390. The molecule has 0 bridgehead atoms. The molecule has 7 nitrogen and oxygen atoms in total. The van der Waals surface area contributed by atoms with Crippen molar-refractivity contribution in [3.8, 4) is 0 Å². The van der Waals surface area contributed by atoms with Crippen molar-refractivity contribution in [3.05, 3.63) is 73.3 Å². The first-order chi connectivity index (χ1) is 14.3. The Bertz CT molecular complexity index is 1070. The molecule has 0 radical (unpaired) electrons. The predicted octanol–water partition coefficient (Wildman–Crippen LogP) is 5.51. The first-order valence-corrected chi connectivity index (χ1v) is 10.9. The van der Waals surface area contributed by atoms with Crippen LogP contribution in [0.15, 0.2) is 51.8 Å². The molecule has 0 saturated carbocycles. The Kier molecular flexibility index (Phi) is 7.19. The van der Waals surface area contributed by atoms with Crippen LogP contribution in [0.1, 0.15) is 15.2 Å². The molecule has 0 spiro atoms. The molecular weight excluding hydrogens is 467 g/mol. The van der Waals surface area contributed by atoms with Gasteiger partial charge in [-0.15, -0.1) is 11.3 Å². The maximum Gasteiger partial charge on any atom is 0.294 e. The molecule has 1 amide bonds. The standard InChI is InChI=1S/C19H16Cl2N4O3S2/c1-24(2)12-5-3-11(4-6-12)8-23-18(26)16-7-15(25(27)28)19(29-16)30-17-13(20)9-22-10-14(17)21/h3-7,9-10H,8H2,1-2H3,(H,23,26). The number of carbonyl (C=O) groups excluding carboxylic acids is 1. The van der Waals surface area contributed by atoms with Crippen LogP contribution in [-0.4, -0.2) is 29.9 Å². The maximum atomic E-state index is 12.6. The topological polar surface area (TPSA) is 88.4 Å². The lowest BCUT2D eigenvalue weighted by Gasteiger charge is -2.12. The van der Waals surface area contributed by atoms with Crippen LogP contribution in [0.4, 0.5) is 11.4 Å². The van der Waals surface area contributed by atoms with Crippen LogP contribution in [0.25, 0.3) is 0 Å². The summed E-state index contributed by atoms with van der Waals surface area (Å²) >= 11 is 14.3. The number of carbonyl (C=O) groups is 1. The largest absolute Gasteiger partial charge is 0.378 e. The molecule has 0 unspecified atom stereocenters. The van der Waals surface area contributed by atoms with Crippen LogP contribution in [-0.2, 0) is 6.54 Å². The molecule has 0 aliphatic heterocycles. The van der Waals surface area contributed by atoms with Gasteiger partial charge in [-0.1, -0.05) is 47.1 Å². The smallest absolute Gasteiger partial charge is 0.294 e. The van der Waals surface area contributed by atoms with Crippen LogP contribution in [0, 0.1) is 10.1 Å². The molecule has 2 heterocycles. The summed E-state index contributed by atoms with van der Waals surface area (Å²) in [5, 5.41) is 14.8. The van der Waals surface area contributed by atoms with Gasteiger partial charge in [0, 0.05) is 44.8 Å². The van der Waals surface area contributed by atoms with Gasteiger partial charge in [-0.2, -0.15) is 0 Å². The van der Waals surface area contributed by atoms with Gasteiger partial charge in [0.1, 0.15) is 9.09 Å². The van der Waals surface area contributed by atoms with E-state index in [9.17, 15) is 14.9 Å². The van der Waals surface area contributed by atoms with Crippen molar-refractivity contribution in [2.24, 2.45) is 0 Å². The van der Waals surface area contributed by atoms with E-state index >= 15 is 0 Å². The van der Waals surface area contributed by atoms with Gasteiger partial charge >= 0.3 is 0 Å². The van der Waals surface area contributed by atoms with Crippen LogP contribution in [0.3, 0.4) is 0 Å². The molecule has 3 aromatic rings. The van der Waals surface area contributed by atoms with Gasteiger partial charge in [-0.05, 0) is 17.7 Å². The number of aromatic nitrogens is 1. The van der Waals surface area contributed by atoms with Crippen molar-refractivity contribution < 1.29 is 9.72 Å². The van der Waals surface area contributed by atoms with Gasteiger partial charge in [-0.25, -0.2) is 0 Å². The van der Waals surface area contributed by atoms with E-state index in [0.717, 1.165) is 34.3 Å². The molecule has 0 fully saturated rings. The molecular formula is C19H16Cl2N4O3S2. The molecule has 11 heteroatoms. The predicted molar refractivity (Wildman–Crippen MR) is 121 cm³/mol. The molecule has 156 valence electrons. The zero-order chi connectivity index (χ0) is 21.8. The normalized spacial score (nSPS) is 10.7. The third kappa shape index (κ3) is 5.23. The van der Waals surface area contributed by atoms with E-state index in [-0.39, 0.29) is 20.6 Å². The van der Waals surface area contributed by atoms with E-state index in [1.807, 2.05) is 43.3 Å². The summed E-state index contributed by atoms with van der Waals surface area (Å²) in [6.45, 7) is 0.308. The number of hydrogen-bond donors (Lipinski definition) is 1. The quantitative estimate of drug-likeness (QED) is 0.353. The minimum atomic E-state index is -0.529. The highest BCUT2D eigenvalue weighted by molar-refractivity contribution is 8.01. The van der Waals surface area contributed by atoms with Gasteiger partial charge in [-0.3, -0.25) is 19.9 Å². The summed E-state index contributed by atoms with van der Waals surface area (Å²) < 4.78 is 0.315. The Labute approximate surface area is 191 Å². The highest BCUT2D eigenvalue weighted by Crippen LogP contribution is 2.45. The van der Waals surface area contributed by atoms with E-state index < -0.39 is 10.8 Å². The van der Waals surface area contributed by atoms with E-state index in [1.165, 1.54) is 18.5 Å². The number of anilines is 1. The Morgan fingerprint density at radius 2 is 1.87 bits per heavy atom. The van der Waals surface area contributed by atoms with Gasteiger partial charge in [0.2, 0.25) is 0 Å². The van der Waals surface area contributed by atoms with Crippen molar-refractivity contribution in [3.63, 3.8) is 0 Å². The molecule has 1 N–H and O–H groups in total. The number of nitrogens with one attached hydrogen (secondary N) is 1. The number of nitro groups is 1. The molecule has 0 aliphatic carbocycles. The second-order valence-electron chi connectivity index (χ2n) is 6.32. The van der Waals surface area contributed by atoms with Crippen molar-refractivity contribution in [2.45, 2.75) is 15.6 Å². The zero-order valence-electron chi connectivity index (χ0n) is 15.9.